The first-order chi connectivity index (χ1) is 10.1. The minimum absolute atomic E-state index is 0.312. The van der Waals surface area contributed by atoms with Crippen molar-refractivity contribution in [2.75, 3.05) is 13.1 Å². The van der Waals surface area contributed by atoms with Crippen molar-refractivity contribution in [1.29, 1.82) is 0 Å². The molecule has 2 rings (SSSR count). The summed E-state index contributed by atoms with van der Waals surface area (Å²) in [6.45, 7) is 4.07. The lowest BCUT2D eigenvalue weighted by Crippen LogP contribution is -2.38. The molecule has 1 unspecified atom stereocenters. The van der Waals surface area contributed by atoms with Crippen LogP contribution in [0.15, 0.2) is 18.2 Å². The monoisotopic (exact) mass is 296 g/mol. The van der Waals surface area contributed by atoms with Gasteiger partial charge in [-0.3, -0.25) is 0 Å². The van der Waals surface area contributed by atoms with Crippen LogP contribution < -0.4 is 5.73 Å². The van der Waals surface area contributed by atoms with E-state index in [2.05, 4.69) is 11.8 Å². The van der Waals surface area contributed by atoms with Gasteiger partial charge in [0.05, 0.1) is 0 Å². The average Bonchev–Trinajstić information content (AvgIpc) is 2.47. The van der Waals surface area contributed by atoms with Gasteiger partial charge in [0.1, 0.15) is 11.6 Å². The second kappa shape index (κ2) is 7.85. The van der Waals surface area contributed by atoms with Crippen LogP contribution in [0.4, 0.5) is 8.78 Å². The van der Waals surface area contributed by atoms with Gasteiger partial charge in [-0.1, -0.05) is 26.2 Å². The Labute approximate surface area is 126 Å². The van der Waals surface area contributed by atoms with Crippen LogP contribution in [0.1, 0.15) is 57.1 Å². The maximum Gasteiger partial charge on any atom is 0.126 e. The number of benzene rings is 1. The Morgan fingerprint density at radius 2 is 1.76 bits per heavy atom. The Morgan fingerprint density at radius 3 is 2.33 bits per heavy atom. The van der Waals surface area contributed by atoms with Gasteiger partial charge < -0.3 is 10.6 Å². The molecule has 1 aromatic carbocycles. The first-order valence-corrected chi connectivity index (χ1v) is 8.05. The molecule has 0 saturated heterocycles. The lowest BCUT2D eigenvalue weighted by molar-refractivity contribution is 0.158. The fourth-order valence-corrected chi connectivity index (χ4v) is 3.31. The van der Waals surface area contributed by atoms with Crippen molar-refractivity contribution in [1.82, 2.24) is 4.90 Å². The zero-order valence-electron chi connectivity index (χ0n) is 12.8. The number of rotatable bonds is 6. The molecule has 0 heterocycles. The molecule has 0 amide bonds. The van der Waals surface area contributed by atoms with Gasteiger partial charge in [0.25, 0.3) is 0 Å². The van der Waals surface area contributed by atoms with Gasteiger partial charge in [-0.2, -0.15) is 0 Å². The standard InChI is InChI=1S/C17H26F2N2/c1-2-21(16-6-4-3-5-7-16)9-8-17(20)13-10-14(18)12-15(19)11-13/h10-12,16-17H,2-9,20H2,1H3. The molecule has 0 bridgehead atoms. The minimum atomic E-state index is -0.555. The molecule has 4 heteroatoms. The molecule has 0 radical (unpaired) electrons. The molecule has 1 fully saturated rings. The molecule has 0 aromatic heterocycles. The molecule has 118 valence electrons. The third-order valence-corrected chi connectivity index (χ3v) is 4.54. The van der Waals surface area contributed by atoms with Crippen molar-refractivity contribution in [2.24, 2.45) is 5.73 Å². The lowest BCUT2D eigenvalue weighted by atomic mass is 9.93. The average molecular weight is 296 g/mol. The lowest BCUT2D eigenvalue weighted by Gasteiger charge is -2.34. The van der Waals surface area contributed by atoms with Crippen molar-refractivity contribution in [3.8, 4) is 0 Å². The maximum absolute atomic E-state index is 13.2. The van der Waals surface area contributed by atoms with Crippen LogP contribution >= 0.6 is 0 Å². The van der Waals surface area contributed by atoms with Gasteiger partial charge in [-0.25, -0.2) is 8.78 Å². The van der Waals surface area contributed by atoms with E-state index in [1.165, 1.54) is 44.2 Å². The SMILES string of the molecule is CCN(CCC(N)c1cc(F)cc(F)c1)C1CCCCC1. The third-order valence-electron chi connectivity index (χ3n) is 4.54. The maximum atomic E-state index is 13.2. The van der Waals surface area contributed by atoms with Crippen LogP contribution in [0, 0.1) is 11.6 Å². The van der Waals surface area contributed by atoms with Crippen molar-refractivity contribution in [2.45, 2.75) is 57.5 Å². The normalized spacial score (nSPS) is 18.1. The summed E-state index contributed by atoms with van der Waals surface area (Å²) in [5, 5.41) is 0. The van der Waals surface area contributed by atoms with Gasteiger partial charge in [-0.15, -0.1) is 0 Å². The van der Waals surface area contributed by atoms with Crippen molar-refractivity contribution in [3.63, 3.8) is 0 Å². The summed E-state index contributed by atoms with van der Waals surface area (Å²) in [5.41, 5.74) is 6.65. The molecule has 1 aliphatic rings. The van der Waals surface area contributed by atoms with E-state index in [0.29, 0.717) is 11.6 Å². The topological polar surface area (TPSA) is 29.3 Å². The molecular weight excluding hydrogens is 270 g/mol. The smallest absolute Gasteiger partial charge is 0.126 e. The summed E-state index contributed by atoms with van der Waals surface area (Å²) < 4.78 is 26.5. The Hall–Kier alpha value is -1.00. The summed E-state index contributed by atoms with van der Waals surface area (Å²) in [7, 11) is 0. The van der Waals surface area contributed by atoms with Crippen LogP contribution in [0.5, 0.6) is 0 Å². The zero-order chi connectivity index (χ0) is 15.2. The fraction of sp³-hybridized carbons (Fsp3) is 0.647. The van der Waals surface area contributed by atoms with Crippen molar-refractivity contribution < 1.29 is 8.78 Å². The summed E-state index contributed by atoms with van der Waals surface area (Å²) in [6.07, 6.45) is 7.21. The van der Waals surface area contributed by atoms with Crippen LogP contribution in [0.3, 0.4) is 0 Å². The molecule has 2 nitrogen and oxygen atoms in total. The predicted octanol–water partition coefficient (Wildman–Crippen LogP) is 4.01. The summed E-state index contributed by atoms with van der Waals surface area (Å²) in [4.78, 5) is 2.47. The van der Waals surface area contributed by atoms with Crippen LogP contribution in [0.25, 0.3) is 0 Å². The van der Waals surface area contributed by atoms with Crippen molar-refractivity contribution in [3.05, 3.63) is 35.4 Å². The van der Waals surface area contributed by atoms with Crippen LogP contribution in [-0.4, -0.2) is 24.0 Å². The zero-order valence-corrected chi connectivity index (χ0v) is 12.8. The second-order valence-corrected chi connectivity index (χ2v) is 6.02. The number of halogens is 2. The van der Waals surface area contributed by atoms with Gasteiger partial charge in [-0.05, 0) is 43.5 Å². The fourth-order valence-electron chi connectivity index (χ4n) is 3.31. The Balaban J connectivity index is 1.90. The highest BCUT2D eigenvalue weighted by Crippen LogP contribution is 2.24. The van der Waals surface area contributed by atoms with E-state index in [9.17, 15) is 8.78 Å². The molecule has 1 aromatic rings. The third kappa shape index (κ3) is 4.75. The molecule has 1 atom stereocenters. The summed E-state index contributed by atoms with van der Waals surface area (Å²) in [5.74, 6) is -1.11. The van der Waals surface area contributed by atoms with Crippen LogP contribution in [-0.2, 0) is 0 Å². The number of hydrogen-bond donors (Lipinski definition) is 1. The highest BCUT2D eigenvalue weighted by Gasteiger charge is 2.20. The van der Waals surface area contributed by atoms with Gasteiger partial charge in [0.15, 0.2) is 0 Å². The summed E-state index contributed by atoms with van der Waals surface area (Å²) in [6, 6.07) is 3.90. The number of nitrogens with two attached hydrogens (primary N) is 1. The molecular formula is C17H26F2N2. The molecule has 1 saturated carbocycles. The molecule has 0 spiro atoms. The first-order valence-electron chi connectivity index (χ1n) is 8.05. The number of nitrogens with zero attached hydrogens (tertiary/aromatic N) is 1. The van der Waals surface area contributed by atoms with E-state index in [1.807, 2.05) is 0 Å². The second-order valence-electron chi connectivity index (χ2n) is 6.02. The Bertz CT molecular complexity index is 424. The van der Waals surface area contributed by atoms with E-state index >= 15 is 0 Å². The van der Waals surface area contributed by atoms with Gasteiger partial charge >= 0.3 is 0 Å². The van der Waals surface area contributed by atoms with E-state index in [1.54, 1.807) is 0 Å². The van der Waals surface area contributed by atoms with Crippen LogP contribution in [0.2, 0.25) is 0 Å². The van der Waals surface area contributed by atoms with Gasteiger partial charge in [0.2, 0.25) is 0 Å². The quantitative estimate of drug-likeness (QED) is 0.859. The first kappa shape index (κ1) is 16.4. The molecule has 21 heavy (non-hydrogen) atoms. The van der Waals surface area contributed by atoms with E-state index in [-0.39, 0.29) is 6.04 Å². The molecule has 2 N–H and O–H groups in total. The predicted molar refractivity (Wildman–Crippen MR) is 82.0 cm³/mol. The molecule has 0 aliphatic heterocycles. The van der Waals surface area contributed by atoms with E-state index in [0.717, 1.165) is 25.6 Å². The summed E-state index contributed by atoms with van der Waals surface area (Å²) >= 11 is 0. The highest BCUT2D eigenvalue weighted by atomic mass is 19.1. The van der Waals surface area contributed by atoms with E-state index < -0.39 is 11.6 Å². The van der Waals surface area contributed by atoms with Crippen molar-refractivity contribution >= 4 is 0 Å². The Morgan fingerprint density at radius 1 is 1.14 bits per heavy atom. The van der Waals surface area contributed by atoms with Gasteiger partial charge in [0, 0.05) is 24.7 Å². The Kier molecular flexibility index (Phi) is 6.12. The largest absolute Gasteiger partial charge is 0.324 e. The van der Waals surface area contributed by atoms with E-state index in [4.69, 9.17) is 5.73 Å². The molecule has 1 aliphatic carbocycles. The highest BCUT2D eigenvalue weighted by molar-refractivity contribution is 5.21. The minimum Gasteiger partial charge on any atom is -0.324 e. The number of hydrogen-bond acceptors (Lipinski definition) is 2.